The monoisotopic (exact) mass is 449 g/mol. The third kappa shape index (κ3) is 7.88. The molecule has 0 radical (unpaired) electrons. The number of ether oxygens (including phenoxy) is 4. The summed E-state index contributed by atoms with van der Waals surface area (Å²) >= 11 is 0. The predicted octanol–water partition coefficient (Wildman–Crippen LogP) is 3.85. The standard InChI is InChI=1S/C26H27NO6/c1-27(16-20-8-10-22(30-2)11-9-20)25(28)18-33-26(29)19-32-24-14-12-23(13-15-24)31-17-21-6-4-3-5-7-21/h3-15H,16-19H2,1-2H3. The summed E-state index contributed by atoms with van der Waals surface area (Å²) in [5.74, 6) is 1.02. The van der Waals surface area contributed by atoms with E-state index in [9.17, 15) is 9.59 Å². The number of carbonyl (C=O) groups excluding carboxylic acids is 2. The molecule has 0 heterocycles. The van der Waals surface area contributed by atoms with E-state index in [1.165, 1.54) is 4.90 Å². The molecule has 0 saturated carbocycles. The van der Waals surface area contributed by atoms with Crippen LogP contribution in [-0.2, 0) is 27.5 Å². The Bertz CT molecular complexity index is 1020. The summed E-state index contributed by atoms with van der Waals surface area (Å²) in [7, 11) is 3.25. The lowest BCUT2D eigenvalue weighted by Crippen LogP contribution is -2.31. The van der Waals surface area contributed by atoms with E-state index in [4.69, 9.17) is 18.9 Å². The van der Waals surface area contributed by atoms with Crippen LogP contribution in [0, 0.1) is 0 Å². The fraction of sp³-hybridized carbons (Fsp3) is 0.231. The Kier molecular flexibility index (Phi) is 8.71. The normalized spacial score (nSPS) is 10.2. The van der Waals surface area contributed by atoms with Gasteiger partial charge in [0.2, 0.25) is 0 Å². The summed E-state index contributed by atoms with van der Waals surface area (Å²) in [6, 6.07) is 24.2. The van der Waals surface area contributed by atoms with Gasteiger partial charge in [0.25, 0.3) is 5.91 Å². The Morgan fingerprint density at radius 2 is 1.33 bits per heavy atom. The summed E-state index contributed by atoms with van der Waals surface area (Å²) in [6.45, 7) is 0.227. The maximum atomic E-state index is 12.2. The molecule has 0 spiro atoms. The quantitative estimate of drug-likeness (QED) is 0.414. The van der Waals surface area contributed by atoms with E-state index in [0.29, 0.717) is 24.7 Å². The van der Waals surface area contributed by atoms with Gasteiger partial charge < -0.3 is 23.8 Å². The minimum atomic E-state index is -0.620. The second-order valence-electron chi connectivity index (χ2n) is 7.29. The highest BCUT2D eigenvalue weighted by atomic mass is 16.6. The van der Waals surface area contributed by atoms with E-state index in [0.717, 1.165) is 16.9 Å². The molecule has 7 nitrogen and oxygen atoms in total. The highest BCUT2D eigenvalue weighted by Crippen LogP contribution is 2.19. The van der Waals surface area contributed by atoms with Gasteiger partial charge in [-0.3, -0.25) is 4.79 Å². The molecule has 7 heteroatoms. The Balaban J connectivity index is 1.35. The molecule has 3 aromatic rings. The van der Waals surface area contributed by atoms with Crippen LogP contribution in [-0.4, -0.2) is 44.1 Å². The highest BCUT2D eigenvalue weighted by Gasteiger charge is 2.13. The van der Waals surface area contributed by atoms with Crippen LogP contribution in [0.4, 0.5) is 0 Å². The zero-order valence-electron chi connectivity index (χ0n) is 18.7. The lowest BCUT2D eigenvalue weighted by atomic mass is 10.2. The van der Waals surface area contributed by atoms with Crippen molar-refractivity contribution in [2.75, 3.05) is 27.4 Å². The zero-order valence-corrected chi connectivity index (χ0v) is 18.7. The summed E-state index contributed by atoms with van der Waals surface area (Å²) in [4.78, 5) is 25.7. The van der Waals surface area contributed by atoms with Crippen LogP contribution in [0.25, 0.3) is 0 Å². The van der Waals surface area contributed by atoms with E-state index in [1.54, 1.807) is 38.4 Å². The molecule has 0 aromatic heterocycles. The molecule has 0 aliphatic heterocycles. The fourth-order valence-corrected chi connectivity index (χ4v) is 2.90. The molecule has 33 heavy (non-hydrogen) atoms. The minimum Gasteiger partial charge on any atom is -0.497 e. The Morgan fingerprint density at radius 3 is 1.97 bits per heavy atom. The first-order valence-electron chi connectivity index (χ1n) is 10.5. The first-order chi connectivity index (χ1) is 16.0. The number of nitrogens with zero attached hydrogens (tertiary/aromatic N) is 1. The number of rotatable bonds is 11. The van der Waals surface area contributed by atoms with E-state index >= 15 is 0 Å². The average Bonchev–Trinajstić information content (AvgIpc) is 2.86. The first-order valence-corrected chi connectivity index (χ1v) is 10.5. The Labute approximate surface area is 193 Å². The molecule has 3 aromatic carbocycles. The second-order valence-corrected chi connectivity index (χ2v) is 7.29. The molecule has 0 N–H and O–H groups in total. The molecule has 3 rings (SSSR count). The number of methoxy groups -OCH3 is 1. The van der Waals surface area contributed by atoms with Crippen molar-refractivity contribution in [1.29, 1.82) is 0 Å². The number of benzene rings is 3. The molecule has 0 unspecified atom stereocenters. The van der Waals surface area contributed by atoms with Crippen molar-refractivity contribution in [3.8, 4) is 17.2 Å². The number of hydrogen-bond donors (Lipinski definition) is 0. The van der Waals surface area contributed by atoms with Crippen LogP contribution in [0.3, 0.4) is 0 Å². The second kappa shape index (κ2) is 12.1. The van der Waals surface area contributed by atoms with Gasteiger partial charge in [-0.2, -0.15) is 0 Å². The van der Waals surface area contributed by atoms with Gasteiger partial charge in [-0.1, -0.05) is 42.5 Å². The van der Waals surface area contributed by atoms with Crippen LogP contribution in [0.2, 0.25) is 0 Å². The van der Waals surface area contributed by atoms with Gasteiger partial charge in [-0.25, -0.2) is 4.79 Å². The molecule has 1 amide bonds. The first kappa shape index (κ1) is 23.7. The lowest BCUT2D eigenvalue weighted by molar-refractivity contribution is -0.153. The van der Waals surface area contributed by atoms with Crippen LogP contribution in [0.15, 0.2) is 78.9 Å². The van der Waals surface area contributed by atoms with Crippen molar-refractivity contribution in [2.24, 2.45) is 0 Å². The van der Waals surface area contributed by atoms with Gasteiger partial charge in [0.1, 0.15) is 23.9 Å². The van der Waals surface area contributed by atoms with Gasteiger partial charge in [0.05, 0.1) is 7.11 Å². The number of likely N-dealkylation sites (N-methyl/N-ethyl adjacent to an activating group) is 1. The predicted molar refractivity (Wildman–Crippen MR) is 123 cm³/mol. The Morgan fingerprint density at radius 1 is 0.727 bits per heavy atom. The van der Waals surface area contributed by atoms with Crippen LogP contribution < -0.4 is 14.2 Å². The SMILES string of the molecule is COc1ccc(CN(C)C(=O)COC(=O)COc2ccc(OCc3ccccc3)cc2)cc1. The zero-order chi connectivity index (χ0) is 23.5. The maximum Gasteiger partial charge on any atom is 0.344 e. The number of amides is 1. The van der Waals surface area contributed by atoms with Gasteiger partial charge in [-0.15, -0.1) is 0 Å². The van der Waals surface area contributed by atoms with Gasteiger partial charge >= 0.3 is 5.97 Å². The lowest BCUT2D eigenvalue weighted by Gasteiger charge is -2.17. The summed E-state index contributed by atoms with van der Waals surface area (Å²) in [5, 5.41) is 0. The van der Waals surface area contributed by atoms with Gasteiger partial charge in [-0.05, 0) is 47.5 Å². The van der Waals surface area contributed by atoms with Gasteiger partial charge in [0.15, 0.2) is 13.2 Å². The summed E-state index contributed by atoms with van der Waals surface area (Å²) < 4.78 is 21.3. The van der Waals surface area contributed by atoms with Crippen molar-refractivity contribution in [2.45, 2.75) is 13.2 Å². The largest absolute Gasteiger partial charge is 0.497 e. The molecule has 172 valence electrons. The molecule has 0 atom stereocenters. The average molecular weight is 450 g/mol. The third-order valence-electron chi connectivity index (χ3n) is 4.79. The van der Waals surface area contributed by atoms with Crippen molar-refractivity contribution in [3.05, 3.63) is 90.0 Å². The number of hydrogen-bond acceptors (Lipinski definition) is 6. The van der Waals surface area contributed by atoms with Crippen LogP contribution >= 0.6 is 0 Å². The van der Waals surface area contributed by atoms with Crippen molar-refractivity contribution in [3.63, 3.8) is 0 Å². The molecular formula is C26H27NO6. The van der Waals surface area contributed by atoms with Crippen molar-refractivity contribution in [1.82, 2.24) is 4.90 Å². The highest BCUT2D eigenvalue weighted by molar-refractivity contribution is 5.80. The fourth-order valence-electron chi connectivity index (χ4n) is 2.90. The van der Waals surface area contributed by atoms with Crippen LogP contribution in [0.5, 0.6) is 17.2 Å². The minimum absolute atomic E-state index is 0.292. The maximum absolute atomic E-state index is 12.2. The third-order valence-corrected chi connectivity index (χ3v) is 4.79. The molecule has 0 aliphatic carbocycles. The van der Waals surface area contributed by atoms with E-state index < -0.39 is 5.97 Å². The van der Waals surface area contributed by atoms with E-state index in [1.807, 2.05) is 54.6 Å². The number of carbonyl (C=O) groups is 2. The van der Waals surface area contributed by atoms with Crippen LogP contribution in [0.1, 0.15) is 11.1 Å². The van der Waals surface area contributed by atoms with Gasteiger partial charge in [0, 0.05) is 13.6 Å². The van der Waals surface area contributed by atoms with E-state index in [2.05, 4.69) is 0 Å². The summed E-state index contributed by atoms with van der Waals surface area (Å²) in [5.41, 5.74) is 2.02. The summed E-state index contributed by atoms with van der Waals surface area (Å²) in [6.07, 6.45) is 0. The molecule has 0 fully saturated rings. The molecule has 0 bridgehead atoms. The van der Waals surface area contributed by atoms with Crippen molar-refractivity contribution < 1.29 is 28.5 Å². The molecule has 0 aliphatic rings. The number of esters is 1. The Hall–Kier alpha value is -4.00. The molecular weight excluding hydrogens is 422 g/mol. The smallest absolute Gasteiger partial charge is 0.344 e. The van der Waals surface area contributed by atoms with Crippen molar-refractivity contribution >= 4 is 11.9 Å². The topological polar surface area (TPSA) is 74.3 Å². The van der Waals surface area contributed by atoms with E-state index in [-0.39, 0.29) is 19.1 Å². The molecule has 0 saturated heterocycles.